The van der Waals surface area contributed by atoms with E-state index in [-0.39, 0.29) is 0 Å². The Morgan fingerprint density at radius 3 is 2.62 bits per heavy atom. The van der Waals surface area contributed by atoms with Gasteiger partial charge in [0.05, 0.1) is 18.4 Å². The van der Waals surface area contributed by atoms with Crippen LogP contribution in [0.5, 0.6) is 5.75 Å². The van der Waals surface area contributed by atoms with Crippen molar-refractivity contribution in [1.29, 1.82) is 0 Å². The lowest BCUT2D eigenvalue weighted by Gasteiger charge is -2.03. The van der Waals surface area contributed by atoms with E-state index in [9.17, 15) is 4.79 Å². The van der Waals surface area contributed by atoms with Crippen LogP contribution in [-0.2, 0) is 0 Å². The highest BCUT2D eigenvalue weighted by molar-refractivity contribution is 5.85. The van der Waals surface area contributed by atoms with E-state index in [0.29, 0.717) is 11.3 Å². The largest absolute Gasteiger partial charge is 0.497 e. The van der Waals surface area contributed by atoms with Crippen LogP contribution in [0.25, 0.3) is 16.9 Å². The Morgan fingerprint density at radius 2 is 1.90 bits per heavy atom. The molecule has 0 unspecified atom stereocenters. The summed E-state index contributed by atoms with van der Waals surface area (Å²) < 4.78 is 6.93. The topological polar surface area (TPSA) is 44.1 Å². The number of aldehydes is 1. The zero-order valence-corrected chi connectivity index (χ0v) is 11.6. The number of aromatic nitrogens is 2. The number of para-hydroxylation sites is 1. The van der Waals surface area contributed by atoms with Gasteiger partial charge in [0.2, 0.25) is 0 Å². The van der Waals surface area contributed by atoms with Gasteiger partial charge in [-0.1, -0.05) is 30.3 Å². The molecule has 21 heavy (non-hydrogen) atoms. The first-order chi connectivity index (χ1) is 10.3. The van der Waals surface area contributed by atoms with E-state index in [4.69, 9.17) is 4.74 Å². The molecule has 0 saturated carbocycles. The van der Waals surface area contributed by atoms with Gasteiger partial charge in [-0.05, 0) is 24.3 Å². The van der Waals surface area contributed by atoms with Crippen molar-refractivity contribution in [2.24, 2.45) is 0 Å². The number of rotatable bonds is 4. The zero-order valence-electron chi connectivity index (χ0n) is 11.6. The molecule has 4 nitrogen and oxygen atoms in total. The van der Waals surface area contributed by atoms with E-state index in [2.05, 4.69) is 5.10 Å². The minimum Gasteiger partial charge on any atom is -0.497 e. The molecule has 3 aromatic rings. The number of methoxy groups -OCH3 is 1. The second-order valence-corrected chi connectivity index (χ2v) is 4.56. The average molecular weight is 278 g/mol. The molecule has 0 N–H and O–H groups in total. The van der Waals surface area contributed by atoms with E-state index in [1.54, 1.807) is 18.0 Å². The van der Waals surface area contributed by atoms with Gasteiger partial charge in [0.15, 0.2) is 6.29 Å². The predicted molar refractivity (Wildman–Crippen MR) is 80.9 cm³/mol. The maximum Gasteiger partial charge on any atom is 0.153 e. The highest BCUT2D eigenvalue weighted by Gasteiger charge is 2.12. The highest BCUT2D eigenvalue weighted by atomic mass is 16.5. The lowest BCUT2D eigenvalue weighted by Crippen LogP contribution is -1.94. The van der Waals surface area contributed by atoms with E-state index in [1.165, 1.54) is 0 Å². The third kappa shape index (κ3) is 2.56. The number of carbonyl (C=O) groups excluding carboxylic acids is 1. The quantitative estimate of drug-likeness (QED) is 0.687. The maximum absolute atomic E-state index is 11.3. The first kappa shape index (κ1) is 13.1. The summed E-state index contributed by atoms with van der Waals surface area (Å²) in [5.41, 5.74) is 2.96. The molecule has 0 saturated heterocycles. The third-order valence-electron chi connectivity index (χ3n) is 3.23. The van der Waals surface area contributed by atoms with Crippen LogP contribution in [0.4, 0.5) is 0 Å². The number of ether oxygens (including phenoxy) is 1. The fourth-order valence-electron chi connectivity index (χ4n) is 2.18. The average Bonchev–Trinajstić information content (AvgIpc) is 3.00. The summed E-state index contributed by atoms with van der Waals surface area (Å²) in [6.07, 6.45) is 2.55. The molecule has 4 heteroatoms. The normalized spacial score (nSPS) is 10.3. The van der Waals surface area contributed by atoms with Gasteiger partial charge in [0.1, 0.15) is 11.4 Å². The number of hydrogen-bond donors (Lipinski definition) is 0. The highest BCUT2D eigenvalue weighted by Crippen LogP contribution is 2.25. The molecule has 0 spiro atoms. The zero-order chi connectivity index (χ0) is 14.7. The molecule has 3 rings (SSSR count). The summed E-state index contributed by atoms with van der Waals surface area (Å²) in [4.78, 5) is 11.3. The van der Waals surface area contributed by atoms with Crippen LogP contribution in [0.15, 0.2) is 60.8 Å². The van der Waals surface area contributed by atoms with Gasteiger partial charge in [-0.25, -0.2) is 4.68 Å². The van der Waals surface area contributed by atoms with Gasteiger partial charge in [-0.15, -0.1) is 0 Å². The molecule has 1 aromatic heterocycles. The van der Waals surface area contributed by atoms with Crippen molar-refractivity contribution in [3.05, 3.63) is 66.4 Å². The van der Waals surface area contributed by atoms with E-state index in [0.717, 1.165) is 23.3 Å². The van der Waals surface area contributed by atoms with Crippen LogP contribution in [0, 0.1) is 0 Å². The monoisotopic (exact) mass is 278 g/mol. The van der Waals surface area contributed by atoms with Crippen molar-refractivity contribution in [2.75, 3.05) is 7.11 Å². The molecule has 0 fully saturated rings. The van der Waals surface area contributed by atoms with Gasteiger partial charge >= 0.3 is 0 Å². The van der Waals surface area contributed by atoms with Crippen LogP contribution >= 0.6 is 0 Å². The molecule has 1 heterocycles. The van der Waals surface area contributed by atoms with Crippen LogP contribution in [0.1, 0.15) is 10.4 Å². The van der Waals surface area contributed by atoms with Gasteiger partial charge in [-0.2, -0.15) is 5.10 Å². The molecule has 0 aliphatic heterocycles. The molecular weight excluding hydrogens is 264 g/mol. The number of hydrogen-bond acceptors (Lipinski definition) is 3. The number of nitrogens with zero attached hydrogens (tertiary/aromatic N) is 2. The fraction of sp³-hybridized carbons (Fsp3) is 0.0588. The van der Waals surface area contributed by atoms with Gasteiger partial charge in [0.25, 0.3) is 0 Å². The van der Waals surface area contributed by atoms with Crippen LogP contribution in [0.2, 0.25) is 0 Å². The summed E-state index contributed by atoms with van der Waals surface area (Å²) in [5, 5.41) is 4.53. The minimum atomic E-state index is 0.548. The molecule has 0 aliphatic rings. The Hall–Kier alpha value is -2.88. The Bertz CT molecular complexity index is 763. The van der Waals surface area contributed by atoms with Crippen molar-refractivity contribution in [3.8, 4) is 22.7 Å². The standard InChI is InChI=1S/C17H14N2O2/c1-21-16-9-5-6-13(10-16)17-14(12-20)11-19(18-17)15-7-3-2-4-8-15/h2-12H,1H3. The summed E-state index contributed by atoms with van der Waals surface area (Å²) in [5.74, 6) is 0.735. The van der Waals surface area contributed by atoms with Crippen molar-refractivity contribution >= 4 is 6.29 Å². The smallest absolute Gasteiger partial charge is 0.153 e. The van der Waals surface area contributed by atoms with Crippen molar-refractivity contribution in [2.45, 2.75) is 0 Å². The van der Waals surface area contributed by atoms with E-state index >= 15 is 0 Å². The Morgan fingerprint density at radius 1 is 1.10 bits per heavy atom. The van der Waals surface area contributed by atoms with Crippen LogP contribution in [0.3, 0.4) is 0 Å². The summed E-state index contributed by atoms with van der Waals surface area (Å²) in [6.45, 7) is 0. The number of benzene rings is 2. The molecule has 0 atom stereocenters. The van der Waals surface area contributed by atoms with E-state index < -0.39 is 0 Å². The van der Waals surface area contributed by atoms with Crippen molar-refractivity contribution in [3.63, 3.8) is 0 Å². The molecule has 0 bridgehead atoms. The van der Waals surface area contributed by atoms with Gasteiger partial charge in [-0.3, -0.25) is 4.79 Å². The SMILES string of the molecule is COc1cccc(-c2nn(-c3ccccc3)cc2C=O)c1. The Kier molecular flexibility index (Phi) is 3.51. The fourth-order valence-corrected chi connectivity index (χ4v) is 2.18. The summed E-state index contributed by atoms with van der Waals surface area (Å²) >= 11 is 0. The lowest BCUT2D eigenvalue weighted by atomic mass is 10.1. The molecular formula is C17H14N2O2. The second-order valence-electron chi connectivity index (χ2n) is 4.56. The first-order valence-corrected chi connectivity index (χ1v) is 6.56. The molecule has 0 amide bonds. The van der Waals surface area contributed by atoms with E-state index in [1.807, 2.05) is 54.6 Å². The maximum atomic E-state index is 11.3. The molecule has 0 aliphatic carbocycles. The minimum absolute atomic E-state index is 0.548. The predicted octanol–water partition coefficient (Wildman–Crippen LogP) is 3.36. The first-order valence-electron chi connectivity index (χ1n) is 6.56. The van der Waals surface area contributed by atoms with Gasteiger partial charge < -0.3 is 4.74 Å². The summed E-state index contributed by atoms with van der Waals surface area (Å²) in [7, 11) is 1.61. The van der Waals surface area contributed by atoms with Crippen molar-refractivity contribution < 1.29 is 9.53 Å². The lowest BCUT2D eigenvalue weighted by molar-refractivity contribution is 0.112. The van der Waals surface area contributed by atoms with Crippen LogP contribution < -0.4 is 4.74 Å². The van der Waals surface area contributed by atoms with Crippen LogP contribution in [-0.4, -0.2) is 23.2 Å². The van der Waals surface area contributed by atoms with Crippen molar-refractivity contribution in [1.82, 2.24) is 9.78 Å². The Labute approximate surface area is 122 Å². The molecule has 2 aromatic carbocycles. The Balaban J connectivity index is 2.10. The summed E-state index contributed by atoms with van der Waals surface area (Å²) in [6, 6.07) is 17.2. The molecule has 104 valence electrons. The number of carbonyl (C=O) groups is 1. The third-order valence-corrected chi connectivity index (χ3v) is 3.23. The van der Waals surface area contributed by atoms with Gasteiger partial charge in [0, 0.05) is 11.8 Å². The molecule has 0 radical (unpaired) electrons. The second kappa shape index (κ2) is 5.63.